The van der Waals surface area contributed by atoms with Crippen molar-refractivity contribution in [3.63, 3.8) is 0 Å². The molecule has 0 bridgehead atoms. The molecule has 1 aromatic rings. The van der Waals surface area contributed by atoms with Gasteiger partial charge in [-0.3, -0.25) is 0 Å². The molecule has 2 N–H and O–H groups in total. The second-order valence-corrected chi connectivity index (χ2v) is 4.70. The van der Waals surface area contributed by atoms with Crippen molar-refractivity contribution in [3.05, 3.63) is 18.3 Å². The molecule has 1 fully saturated rings. The molecule has 1 aromatic heterocycles. The second kappa shape index (κ2) is 5.19. The Balaban J connectivity index is 2.07. The summed E-state index contributed by atoms with van der Waals surface area (Å²) in [5.74, 6) is 0.609. The molecule has 1 saturated carbocycles. The Hall–Kier alpha value is -1.25. The summed E-state index contributed by atoms with van der Waals surface area (Å²) in [4.78, 5) is 6.40. The molecule has 1 heterocycles. The number of aromatic nitrogens is 1. The van der Waals surface area contributed by atoms with Crippen molar-refractivity contribution in [1.29, 1.82) is 0 Å². The number of rotatable bonds is 2. The average Bonchev–Trinajstić information content (AvgIpc) is 2.56. The van der Waals surface area contributed by atoms with E-state index in [9.17, 15) is 0 Å². The minimum atomic E-state index is 0.609. The molecule has 0 unspecified atom stereocenters. The van der Waals surface area contributed by atoms with Crippen molar-refractivity contribution >= 4 is 11.5 Å². The normalized spacial score (nSPS) is 18.1. The molecule has 0 spiro atoms. The average molecular weight is 219 g/mol. The number of nitrogens with zero attached hydrogens (tertiary/aromatic N) is 2. The van der Waals surface area contributed by atoms with Gasteiger partial charge in [0.15, 0.2) is 0 Å². The molecule has 0 atom stereocenters. The molecule has 3 nitrogen and oxygen atoms in total. The Bertz CT molecular complexity index is 330. The summed E-state index contributed by atoms with van der Waals surface area (Å²) < 4.78 is 0. The van der Waals surface area contributed by atoms with Gasteiger partial charge in [0.2, 0.25) is 0 Å². The van der Waals surface area contributed by atoms with Gasteiger partial charge >= 0.3 is 0 Å². The van der Waals surface area contributed by atoms with Gasteiger partial charge in [0, 0.05) is 31.0 Å². The topological polar surface area (TPSA) is 42.2 Å². The maximum absolute atomic E-state index is 5.72. The molecule has 0 amide bonds. The number of nitrogen functional groups attached to an aromatic ring is 1. The highest BCUT2D eigenvalue weighted by Gasteiger charge is 2.17. The van der Waals surface area contributed by atoms with Crippen LogP contribution in [0.3, 0.4) is 0 Å². The van der Waals surface area contributed by atoms with Gasteiger partial charge in [-0.15, -0.1) is 0 Å². The van der Waals surface area contributed by atoms with Gasteiger partial charge in [-0.2, -0.15) is 0 Å². The fourth-order valence-electron chi connectivity index (χ4n) is 2.51. The first kappa shape index (κ1) is 11.2. The van der Waals surface area contributed by atoms with Gasteiger partial charge in [0.1, 0.15) is 5.82 Å². The van der Waals surface area contributed by atoms with E-state index in [2.05, 4.69) is 16.9 Å². The van der Waals surface area contributed by atoms with E-state index in [1.54, 1.807) is 6.20 Å². The summed E-state index contributed by atoms with van der Waals surface area (Å²) in [5.41, 5.74) is 6.91. The summed E-state index contributed by atoms with van der Waals surface area (Å²) in [6.07, 6.45) is 9.89. The van der Waals surface area contributed by atoms with E-state index in [0.29, 0.717) is 11.9 Å². The lowest BCUT2D eigenvalue weighted by atomic mass is 10.1. The zero-order valence-electron chi connectivity index (χ0n) is 10.0. The molecule has 88 valence electrons. The number of nitrogens with two attached hydrogens (primary N) is 1. The van der Waals surface area contributed by atoms with E-state index in [1.807, 2.05) is 12.1 Å². The molecule has 0 aliphatic heterocycles. The molecule has 1 aliphatic rings. The molecule has 16 heavy (non-hydrogen) atoms. The summed E-state index contributed by atoms with van der Waals surface area (Å²) in [5, 5.41) is 0. The van der Waals surface area contributed by atoms with Gasteiger partial charge < -0.3 is 10.6 Å². The lowest BCUT2D eigenvalue weighted by molar-refractivity contribution is 0.553. The Morgan fingerprint density at radius 3 is 2.56 bits per heavy atom. The molecular weight excluding hydrogens is 198 g/mol. The highest BCUT2D eigenvalue weighted by atomic mass is 15.1. The number of hydrogen-bond acceptors (Lipinski definition) is 3. The van der Waals surface area contributed by atoms with E-state index < -0.39 is 0 Å². The fourth-order valence-corrected chi connectivity index (χ4v) is 2.51. The Morgan fingerprint density at radius 1 is 1.25 bits per heavy atom. The minimum absolute atomic E-state index is 0.609. The quantitative estimate of drug-likeness (QED) is 0.778. The maximum Gasteiger partial charge on any atom is 0.125 e. The van der Waals surface area contributed by atoms with Crippen molar-refractivity contribution in [2.75, 3.05) is 17.7 Å². The van der Waals surface area contributed by atoms with Crippen molar-refractivity contribution in [1.82, 2.24) is 4.98 Å². The van der Waals surface area contributed by atoms with Crippen LogP contribution in [0.4, 0.5) is 11.5 Å². The lowest BCUT2D eigenvalue weighted by Gasteiger charge is -2.29. The van der Waals surface area contributed by atoms with Crippen LogP contribution in [0.25, 0.3) is 0 Å². The summed E-state index contributed by atoms with van der Waals surface area (Å²) >= 11 is 0. The maximum atomic E-state index is 5.72. The Morgan fingerprint density at radius 2 is 1.94 bits per heavy atom. The van der Waals surface area contributed by atoms with Crippen molar-refractivity contribution in [3.8, 4) is 0 Å². The van der Waals surface area contributed by atoms with Gasteiger partial charge in [-0.25, -0.2) is 4.98 Å². The smallest absolute Gasteiger partial charge is 0.125 e. The molecule has 2 rings (SSSR count). The van der Waals surface area contributed by atoms with Crippen LogP contribution in [-0.2, 0) is 0 Å². The second-order valence-electron chi connectivity index (χ2n) is 4.70. The number of anilines is 2. The number of pyridine rings is 1. The fraction of sp³-hybridized carbons (Fsp3) is 0.615. The van der Waals surface area contributed by atoms with Gasteiger partial charge in [-0.1, -0.05) is 25.7 Å². The van der Waals surface area contributed by atoms with Crippen molar-refractivity contribution in [2.24, 2.45) is 0 Å². The monoisotopic (exact) mass is 219 g/mol. The first-order valence-corrected chi connectivity index (χ1v) is 6.22. The Labute approximate surface area is 97.7 Å². The van der Waals surface area contributed by atoms with Crippen LogP contribution < -0.4 is 10.6 Å². The van der Waals surface area contributed by atoms with E-state index in [1.165, 1.54) is 44.2 Å². The first-order chi connectivity index (χ1) is 7.77. The van der Waals surface area contributed by atoms with Crippen molar-refractivity contribution in [2.45, 2.75) is 44.6 Å². The predicted octanol–water partition coefficient (Wildman–Crippen LogP) is 2.82. The first-order valence-electron chi connectivity index (χ1n) is 6.22. The van der Waals surface area contributed by atoms with Crippen LogP contribution in [0.1, 0.15) is 38.5 Å². The molecule has 1 aliphatic carbocycles. The minimum Gasteiger partial charge on any atom is -0.384 e. The molecular formula is C13H21N3. The van der Waals surface area contributed by atoms with Crippen LogP contribution in [0.5, 0.6) is 0 Å². The van der Waals surface area contributed by atoms with Gasteiger partial charge in [0.05, 0.1) is 0 Å². The highest BCUT2D eigenvalue weighted by molar-refractivity contribution is 5.52. The molecule has 3 heteroatoms. The number of hydrogen-bond donors (Lipinski definition) is 1. The zero-order valence-corrected chi connectivity index (χ0v) is 10.0. The predicted molar refractivity (Wildman–Crippen MR) is 68.5 cm³/mol. The highest BCUT2D eigenvalue weighted by Crippen LogP contribution is 2.25. The van der Waals surface area contributed by atoms with Crippen LogP contribution in [0.15, 0.2) is 18.3 Å². The van der Waals surface area contributed by atoms with Crippen LogP contribution in [0, 0.1) is 0 Å². The van der Waals surface area contributed by atoms with Crippen LogP contribution in [-0.4, -0.2) is 18.1 Å². The zero-order chi connectivity index (χ0) is 11.4. The lowest BCUT2D eigenvalue weighted by Crippen LogP contribution is -2.31. The van der Waals surface area contributed by atoms with Crippen LogP contribution in [0.2, 0.25) is 0 Å². The van der Waals surface area contributed by atoms with E-state index in [4.69, 9.17) is 5.73 Å². The van der Waals surface area contributed by atoms with E-state index in [0.717, 1.165) is 0 Å². The van der Waals surface area contributed by atoms with E-state index >= 15 is 0 Å². The van der Waals surface area contributed by atoms with Crippen molar-refractivity contribution < 1.29 is 0 Å². The third-order valence-corrected chi connectivity index (χ3v) is 3.54. The van der Waals surface area contributed by atoms with Gasteiger partial charge in [-0.05, 0) is 18.9 Å². The molecule has 0 aromatic carbocycles. The third-order valence-electron chi connectivity index (χ3n) is 3.54. The molecule has 0 radical (unpaired) electrons. The van der Waals surface area contributed by atoms with Crippen LogP contribution >= 0.6 is 0 Å². The largest absolute Gasteiger partial charge is 0.384 e. The SMILES string of the molecule is CN(c1ccnc(N)c1)C1CCCCCC1. The summed E-state index contributed by atoms with van der Waals surface area (Å²) in [6, 6.07) is 4.68. The summed E-state index contributed by atoms with van der Waals surface area (Å²) in [6.45, 7) is 0. The molecule has 0 saturated heterocycles. The summed E-state index contributed by atoms with van der Waals surface area (Å²) in [7, 11) is 2.17. The Kier molecular flexibility index (Phi) is 3.65. The van der Waals surface area contributed by atoms with E-state index in [-0.39, 0.29) is 0 Å². The third kappa shape index (κ3) is 2.65. The standard InChI is InChI=1S/C13H21N3/c1-16(11-6-4-2-3-5-7-11)12-8-9-15-13(14)10-12/h8-11H,2-7H2,1H3,(H2,14,15). The van der Waals surface area contributed by atoms with Gasteiger partial charge in [0.25, 0.3) is 0 Å².